The third kappa shape index (κ3) is 16.0. The Morgan fingerprint density at radius 3 is 0.667 bits per heavy atom. The molecular formula is C138H90N6S6. The number of hydrogen-bond acceptors (Lipinski definition) is 12. The van der Waals surface area contributed by atoms with Crippen molar-refractivity contribution in [1.29, 1.82) is 0 Å². The summed E-state index contributed by atoms with van der Waals surface area (Å²) in [6, 6.07) is 198. The normalized spacial score (nSPS) is 11.6. The molecule has 0 N–H and O–H groups in total. The van der Waals surface area contributed by atoms with Crippen LogP contribution in [0.1, 0.15) is 0 Å². The molecule has 6 nitrogen and oxygen atoms in total. The molecule has 30 aromatic rings. The standard InChI is InChI=1S/3C46H30N2S2/c1-4-15-31(16-5-1)47(32-17-6-2-7-18-32)42-30-40-38-24-14-25-41(46(38)50-45(40)37-23-11-10-21-35(37)42)48(33-19-8-3-9-20-33)34-27-28-44-39(29-34)36-22-12-13-26-43(36)49-44;1-4-15-31(16-5-1)47(32-17-6-2-7-18-32)41-30-39-45-40(24-14-26-44(45)50-46(39)37-23-11-10-21-35(37)41)48(33-19-8-3-9-20-33)34-27-28-43-38(29-34)36-22-12-13-25-42(36)49-43;1-4-14-31(15-5-1)47(34-24-26-44-39(28-34)37-21-12-13-23-43(37)49-44)35-25-27-45-40(29-35)41-30-42(36-20-10-11-22-38(36)46(41)50-45)48(32-16-6-2-7-17-32)33-18-8-3-9-19-33/h3*1-30H. The summed E-state index contributed by atoms with van der Waals surface area (Å²) in [5, 5.41) is 22.9. The van der Waals surface area contributed by atoms with Gasteiger partial charge in [0.05, 0.1) is 33.1 Å². The van der Waals surface area contributed by atoms with Gasteiger partial charge < -0.3 is 29.4 Å². The maximum Gasteiger partial charge on any atom is 0.0640 e. The van der Waals surface area contributed by atoms with E-state index in [0.29, 0.717) is 0 Å². The van der Waals surface area contributed by atoms with Crippen LogP contribution in [-0.4, -0.2) is 0 Å². The molecule has 708 valence electrons. The summed E-state index contributed by atoms with van der Waals surface area (Å²) in [7, 11) is 0. The lowest BCUT2D eigenvalue weighted by Gasteiger charge is -2.28. The van der Waals surface area contributed by atoms with E-state index in [1.54, 1.807) is 0 Å². The summed E-state index contributed by atoms with van der Waals surface area (Å²) in [6.45, 7) is 0. The maximum absolute atomic E-state index is 2.45. The van der Waals surface area contributed by atoms with E-state index in [1.807, 2.05) is 68.0 Å². The highest BCUT2D eigenvalue weighted by molar-refractivity contribution is 7.29. The number of fused-ring (bicyclic) bond motifs is 24. The minimum atomic E-state index is 1.13. The van der Waals surface area contributed by atoms with Gasteiger partial charge in [-0.05, 0) is 237 Å². The molecule has 12 heteroatoms. The molecule has 0 aliphatic rings. The Bertz CT molecular complexity index is 10100. The molecule has 0 amide bonds. The number of benzene rings is 24. The molecule has 0 unspecified atom stereocenters. The first-order valence-corrected chi connectivity index (χ1v) is 55.5. The lowest BCUT2D eigenvalue weighted by molar-refractivity contribution is 1.30. The van der Waals surface area contributed by atoms with Gasteiger partial charge in [0.25, 0.3) is 0 Å². The third-order valence-corrected chi connectivity index (χ3v) is 36.0. The molecule has 0 spiro atoms. The number of nitrogens with zero attached hydrogens (tertiary/aromatic N) is 6. The SMILES string of the molecule is c1ccc(N(c2ccc3sc4ccccc4c3c2)c2ccc3sc4c5ccccc5c(N(c5ccccc5)c5ccccc5)cc4c3c2)cc1.c1ccc(N(c2ccccc2)c2cc3c(sc4cccc(N(c5ccccc5)c5ccc6sc7ccccc7c6c5)c43)c3ccccc23)cc1.c1ccc(N(c2ccccc2)c2cc3c4cccc(N(c5ccccc5)c5ccc6sc7ccccc7c6c5)c4sc3c3ccccc23)cc1. The average Bonchev–Trinajstić information content (AvgIpc) is 1.57. The topological polar surface area (TPSA) is 19.4 Å². The first-order valence-electron chi connectivity index (χ1n) is 50.6. The molecule has 24 aromatic carbocycles. The highest BCUT2D eigenvalue weighted by Crippen LogP contribution is 2.57. The van der Waals surface area contributed by atoms with E-state index in [4.69, 9.17) is 0 Å². The van der Waals surface area contributed by atoms with Gasteiger partial charge in [-0.15, -0.1) is 68.0 Å². The smallest absolute Gasteiger partial charge is 0.0640 e. The predicted molar refractivity (Wildman–Crippen MR) is 657 cm³/mol. The van der Waals surface area contributed by atoms with Crippen molar-refractivity contribution in [2.75, 3.05) is 29.4 Å². The van der Waals surface area contributed by atoms with E-state index in [1.165, 1.54) is 176 Å². The Hall–Kier alpha value is -17.8. The number of hydrogen-bond donors (Lipinski definition) is 0. The van der Waals surface area contributed by atoms with Crippen molar-refractivity contribution >= 4 is 324 Å². The zero-order valence-corrected chi connectivity index (χ0v) is 86.0. The number of anilines is 18. The number of para-hydroxylation sites is 9. The zero-order valence-electron chi connectivity index (χ0n) is 81.1. The summed E-state index contributed by atoms with van der Waals surface area (Å²) in [6.07, 6.45) is 0. The van der Waals surface area contributed by atoms with E-state index < -0.39 is 0 Å². The van der Waals surface area contributed by atoms with Crippen LogP contribution in [0.25, 0.3) is 153 Å². The molecule has 0 aliphatic carbocycles. The second-order valence-electron chi connectivity index (χ2n) is 37.6. The van der Waals surface area contributed by atoms with Crippen molar-refractivity contribution in [3.63, 3.8) is 0 Å². The fourth-order valence-electron chi connectivity index (χ4n) is 22.2. The average molecular weight is 2020 g/mol. The van der Waals surface area contributed by atoms with Gasteiger partial charge >= 0.3 is 0 Å². The van der Waals surface area contributed by atoms with Gasteiger partial charge in [0.1, 0.15) is 0 Å². The summed E-state index contributed by atoms with van der Waals surface area (Å²) in [4.78, 5) is 14.5. The van der Waals surface area contributed by atoms with E-state index in [2.05, 4.69) is 575 Å². The molecule has 6 heterocycles. The lowest BCUT2D eigenvalue weighted by atomic mass is 10.0. The van der Waals surface area contributed by atoms with Gasteiger partial charge in [-0.25, -0.2) is 0 Å². The number of thiophene rings is 6. The maximum atomic E-state index is 2.45. The van der Waals surface area contributed by atoms with Crippen LogP contribution in [0.2, 0.25) is 0 Å². The Balaban J connectivity index is 0.000000108. The highest BCUT2D eigenvalue weighted by Gasteiger charge is 2.29. The fraction of sp³-hybridized carbons (Fsp3) is 0. The lowest BCUT2D eigenvalue weighted by Crippen LogP contribution is -2.11. The van der Waals surface area contributed by atoms with Crippen molar-refractivity contribution in [3.8, 4) is 0 Å². The molecule has 0 saturated carbocycles. The Morgan fingerprint density at radius 2 is 0.313 bits per heavy atom. The van der Waals surface area contributed by atoms with Crippen molar-refractivity contribution in [2.45, 2.75) is 0 Å². The summed E-state index contributed by atoms with van der Waals surface area (Å²) < 4.78 is 15.6. The van der Waals surface area contributed by atoms with Gasteiger partial charge in [0, 0.05) is 223 Å². The molecule has 0 atom stereocenters. The van der Waals surface area contributed by atoms with Gasteiger partial charge in [-0.2, -0.15) is 0 Å². The van der Waals surface area contributed by atoms with E-state index in [9.17, 15) is 0 Å². The van der Waals surface area contributed by atoms with Crippen molar-refractivity contribution in [1.82, 2.24) is 0 Å². The Morgan fingerprint density at radius 1 is 0.100 bits per heavy atom. The van der Waals surface area contributed by atoms with Crippen molar-refractivity contribution in [2.24, 2.45) is 0 Å². The molecule has 30 rings (SSSR count). The second kappa shape index (κ2) is 38.5. The molecule has 0 aliphatic heterocycles. The van der Waals surface area contributed by atoms with Crippen LogP contribution < -0.4 is 29.4 Å². The Kier molecular flexibility index (Phi) is 23.1. The molecular weight excluding hydrogens is 1930 g/mol. The monoisotopic (exact) mass is 2020 g/mol. The predicted octanol–water partition coefficient (Wildman–Crippen LogP) is 43.5. The van der Waals surface area contributed by atoms with Gasteiger partial charge in [0.2, 0.25) is 0 Å². The second-order valence-corrected chi connectivity index (χ2v) is 44.0. The van der Waals surface area contributed by atoms with Crippen LogP contribution in [0.5, 0.6) is 0 Å². The quantitative estimate of drug-likeness (QED) is 0.0847. The van der Waals surface area contributed by atoms with Gasteiger partial charge in [-0.1, -0.05) is 309 Å². The third-order valence-electron chi connectivity index (χ3n) is 28.8. The van der Waals surface area contributed by atoms with Gasteiger partial charge in [0.15, 0.2) is 0 Å². The molecule has 150 heavy (non-hydrogen) atoms. The van der Waals surface area contributed by atoms with Crippen LogP contribution in [-0.2, 0) is 0 Å². The first kappa shape index (κ1) is 89.8. The first-order chi connectivity index (χ1) is 74.4. The summed E-state index contributed by atoms with van der Waals surface area (Å²) in [5.74, 6) is 0. The minimum absolute atomic E-state index is 1.13. The van der Waals surface area contributed by atoms with Crippen LogP contribution in [0.4, 0.5) is 102 Å². The van der Waals surface area contributed by atoms with E-state index in [-0.39, 0.29) is 0 Å². The van der Waals surface area contributed by atoms with E-state index >= 15 is 0 Å². The molecule has 0 saturated heterocycles. The fourth-order valence-corrected chi connectivity index (χ4v) is 29.2. The minimum Gasteiger partial charge on any atom is -0.310 e. The van der Waals surface area contributed by atoms with Crippen LogP contribution >= 0.6 is 68.0 Å². The molecule has 0 fully saturated rings. The summed E-state index contributed by atoms with van der Waals surface area (Å²) in [5.41, 5.74) is 20.7. The number of rotatable bonds is 18. The van der Waals surface area contributed by atoms with Crippen molar-refractivity contribution < 1.29 is 0 Å². The van der Waals surface area contributed by atoms with Crippen LogP contribution in [0.15, 0.2) is 546 Å². The van der Waals surface area contributed by atoms with Gasteiger partial charge in [-0.3, -0.25) is 0 Å². The largest absolute Gasteiger partial charge is 0.310 e. The zero-order chi connectivity index (χ0) is 99.1. The summed E-state index contributed by atoms with van der Waals surface area (Å²) >= 11 is 11.2. The van der Waals surface area contributed by atoms with Crippen molar-refractivity contribution in [3.05, 3.63) is 546 Å². The molecule has 6 aromatic heterocycles. The van der Waals surface area contributed by atoms with E-state index in [0.717, 1.165) is 79.6 Å². The van der Waals surface area contributed by atoms with Crippen LogP contribution in [0.3, 0.4) is 0 Å². The molecule has 0 bridgehead atoms. The Labute approximate surface area is 891 Å². The molecule has 0 radical (unpaired) electrons. The highest BCUT2D eigenvalue weighted by atomic mass is 32.1. The van der Waals surface area contributed by atoms with Crippen LogP contribution in [0, 0.1) is 0 Å².